The molecular weight excluding hydrogens is 339 g/mol. The number of thiocarbonyl (C=S) groups is 1. The fourth-order valence-corrected chi connectivity index (χ4v) is 2.81. The Morgan fingerprint density at radius 2 is 1.86 bits per heavy atom. The van der Waals surface area contributed by atoms with Crippen LogP contribution in [0.5, 0.6) is 0 Å². The van der Waals surface area contributed by atoms with Crippen LogP contribution in [0.25, 0.3) is 6.08 Å². The molecule has 1 aliphatic rings. The third kappa shape index (κ3) is 2.86. The molecule has 3 rings (SSSR count). The van der Waals surface area contributed by atoms with Crippen LogP contribution in [0, 0.1) is 0 Å². The van der Waals surface area contributed by atoms with Crippen LogP contribution in [0.3, 0.4) is 0 Å². The summed E-state index contributed by atoms with van der Waals surface area (Å²) in [4.78, 5) is 14.0. The van der Waals surface area contributed by atoms with E-state index < -0.39 is 0 Å². The fourth-order valence-electron chi connectivity index (χ4n) is 2.13. The van der Waals surface area contributed by atoms with E-state index >= 15 is 0 Å². The molecule has 1 amide bonds. The molecule has 1 aliphatic heterocycles. The first-order valence-electron chi connectivity index (χ1n) is 6.43. The molecule has 2 aromatic carbocycles. The molecule has 1 fully saturated rings. The Bertz CT molecular complexity index is 804. The molecule has 3 nitrogen and oxygen atoms in total. The van der Waals surface area contributed by atoms with Crippen LogP contribution in [0.4, 0.5) is 5.69 Å². The molecule has 0 radical (unpaired) electrons. The minimum absolute atomic E-state index is 0.243. The summed E-state index contributed by atoms with van der Waals surface area (Å²) in [5, 5.41) is 4.33. The zero-order chi connectivity index (χ0) is 15.7. The average Bonchev–Trinajstić information content (AvgIpc) is 2.76. The highest BCUT2D eigenvalue weighted by molar-refractivity contribution is 7.80. The molecule has 0 bridgehead atoms. The van der Waals surface area contributed by atoms with Crippen molar-refractivity contribution in [3.05, 3.63) is 69.8 Å². The predicted molar refractivity (Wildman–Crippen MR) is 94.1 cm³/mol. The van der Waals surface area contributed by atoms with Crippen molar-refractivity contribution in [2.45, 2.75) is 0 Å². The molecule has 22 heavy (non-hydrogen) atoms. The molecule has 0 saturated carbocycles. The first-order chi connectivity index (χ1) is 10.6. The van der Waals surface area contributed by atoms with E-state index in [0.717, 1.165) is 5.56 Å². The van der Waals surface area contributed by atoms with Gasteiger partial charge in [-0.05, 0) is 48.1 Å². The lowest BCUT2D eigenvalue weighted by Gasteiger charge is -2.13. The second-order valence-corrected chi connectivity index (χ2v) is 5.86. The zero-order valence-electron chi connectivity index (χ0n) is 11.2. The summed E-state index contributed by atoms with van der Waals surface area (Å²) in [7, 11) is 0. The topological polar surface area (TPSA) is 32.3 Å². The highest BCUT2D eigenvalue weighted by atomic mass is 35.5. The van der Waals surface area contributed by atoms with Crippen molar-refractivity contribution < 1.29 is 4.79 Å². The second kappa shape index (κ2) is 6.08. The summed E-state index contributed by atoms with van der Waals surface area (Å²) in [6, 6.07) is 14.2. The molecule has 1 heterocycles. The van der Waals surface area contributed by atoms with Gasteiger partial charge in [0.2, 0.25) is 0 Å². The molecule has 0 aromatic heterocycles. The van der Waals surface area contributed by atoms with Crippen molar-refractivity contribution in [1.82, 2.24) is 5.32 Å². The molecule has 1 saturated heterocycles. The van der Waals surface area contributed by atoms with Crippen LogP contribution in [0.1, 0.15) is 5.56 Å². The second-order valence-electron chi connectivity index (χ2n) is 4.63. The first-order valence-corrected chi connectivity index (χ1v) is 7.60. The number of benzene rings is 2. The van der Waals surface area contributed by atoms with Gasteiger partial charge in [-0.3, -0.25) is 9.69 Å². The predicted octanol–water partition coefficient (Wildman–Crippen LogP) is 4.26. The van der Waals surface area contributed by atoms with E-state index in [9.17, 15) is 4.79 Å². The maximum atomic E-state index is 12.6. The molecule has 1 N–H and O–H groups in total. The normalized spacial score (nSPS) is 16.3. The smallest absolute Gasteiger partial charge is 0.281 e. The number of carbonyl (C=O) groups excluding carboxylic acids is 1. The fraction of sp³-hybridized carbons (Fsp3) is 0. The number of rotatable bonds is 2. The van der Waals surface area contributed by atoms with E-state index in [1.165, 1.54) is 4.90 Å². The van der Waals surface area contributed by atoms with Gasteiger partial charge in [0.1, 0.15) is 5.70 Å². The number of nitrogens with one attached hydrogen (secondary N) is 1. The Morgan fingerprint density at radius 1 is 1.09 bits per heavy atom. The monoisotopic (exact) mass is 348 g/mol. The highest BCUT2D eigenvalue weighted by Crippen LogP contribution is 2.26. The van der Waals surface area contributed by atoms with Gasteiger partial charge in [0.25, 0.3) is 5.91 Å². The summed E-state index contributed by atoms with van der Waals surface area (Å²) in [6.07, 6.45) is 1.68. The van der Waals surface area contributed by atoms with Crippen molar-refractivity contribution in [1.29, 1.82) is 0 Å². The summed E-state index contributed by atoms with van der Waals surface area (Å²) < 4.78 is 0. The number of hydrogen-bond acceptors (Lipinski definition) is 2. The Balaban J connectivity index is 1.97. The van der Waals surface area contributed by atoms with E-state index in [-0.39, 0.29) is 5.91 Å². The summed E-state index contributed by atoms with van der Waals surface area (Å²) in [5.74, 6) is -0.243. The first kappa shape index (κ1) is 15.0. The van der Waals surface area contributed by atoms with Crippen LogP contribution < -0.4 is 10.2 Å². The van der Waals surface area contributed by atoms with Gasteiger partial charge in [-0.25, -0.2) is 0 Å². The molecule has 2 aromatic rings. The maximum Gasteiger partial charge on any atom is 0.281 e. The lowest BCUT2D eigenvalue weighted by molar-refractivity contribution is -0.113. The van der Waals surface area contributed by atoms with Crippen LogP contribution in [0.15, 0.2) is 54.2 Å². The van der Waals surface area contributed by atoms with Crippen molar-refractivity contribution in [2.75, 3.05) is 4.90 Å². The van der Waals surface area contributed by atoms with E-state index in [1.807, 2.05) is 18.2 Å². The minimum Gasteiger partial charge on any atom is -0.327 e. The molecule has 0 atom stereocenters. The number of anilines is 1. The van der Waals surface area contributed by atoms with Crippen LogP contribution >= 0.6 is 35.4 Å². The van der Waals surface area contributed by atoms with Crippen molar-refractivity contribution in [3.8, 4) is 0 Å². The molecule has 6 heteroatoms. The number of carbonyl (C=O) groups is 1. The molecule has 0 aliphatic carbocycles. The van der Waals surface area contributed by atoms with E-state index in [1.54, 1.807) is 36.4 Å². The lowest BCUT2D eigenvalue weighted by atomic mass is 10.2. The number of nitrogens with zero attached hydrogens (tertiary/aromatic N) is 1. The largest absolute Gasteiger partial charge is 0.327 e. The Hall–Kier alpha value is -1.88. The molecule has 0 unspecified atom stereocenters. The average molecular weight is 349 g/mol. The molecule has 110 valence electrons. The van der Waals surface area contributed by atoms with Gasteiger partial charge in [0.05, 0.1) is 5.69 Å². The number of halogens is 2. The lowest BCUT2D eigenvalue weighted by Crippen LogP contribution is -2.30. The summed E-state index contributed by atoms with van der Waals surface area (Å²) in [6.45, 7) is 0. The van der Waals surface area contributed by atoms with Crippen LogP contribution in [-0.2, 0) is 4.79 Å². The number of amides is 1. The van der Waals surface area contributed by atoms with Gasteiger partial charge in [0.15, 0.2) is 5.11 Å². The Morgan fingerprint density at radius 3 is 2.59 bits per heavy atom. The van der Waals surface area contributed by atoms with Gasteiger partial charge in [0, 0.05) is 10.0 Å². The SMILES string of the molecule is O=C1/C(=C/c2ccccc2Cl)NC(=S)N1c1cccc(Cl)c1. The van der Waals surface area contributed by atoms with Crippen molar-refractivity contribution in [3.63, 3.8) is 0 Å². The van der Waals surface area contributed by atoms with Crippen molar-refractivity contribution >= 4 is 58.2 Å². The third-order valence-electron chi connectivity index (χ3n) is 3.15. The molecular formula is C16H10Cl2N2OS. The minimum atomic E-state index is -0.243. The van der Waals surface area contributed by atoms with Gasteiger partial charge in [-0.15, -0.1) is 0 Å². The van der Waals surface area contributed by atoms with E-state index in [0.29, 0.717) is 26.5 Å². The molecule has 0 spiro atoms. The summed E-state index contributed by atoms with van der Waals surface area (Å²) in [5.41, 5.74) is 1.74. The van der Waals surface area contributed by atoms with Crippen LogP contribution in [-0.4, -0.2) is 11.0 Å². The van der Waals surface area contributed by atoms with E-state index in [2.05, 4.69) is 5.32 Å². The number of hydrogen-bond donors (Lipinski definition) is 1. The van der Waals surface area contributed by atoms with E-state index in [4.69, 9.17) is 35.4 Å². The van der Waals surface area contributed by atoms with Gasteiger partial charge in [-0.2, -0.15) is 0 Å². The van der Waals surface area contributed by atoms with Gasteiger partial charge < -0.3 is 5.32 Å². The van der Waals surface area contributed by atoms with Gasteiger partial charge in [-0.1, -0.05) is 47.5 Å². The quantitative estimate of drug-likeness (QED) is 0.650. The zero-order valence-corrected chi connectivity index (χ0v) is 13.5. The van der Waals surface area contributed by atoms with Crippen LogP contribution in [0.2, 0.25) is 10.0 Å². The van der Waals surface area contributed by atoms with Gasteiger partial charge >= 0.3 is 0 Å². The van der Waals surface area contributed by atoms with Crippen molar-refractivity contribution in [2.24, 2.45) is 0 Å². The standard InChI is InChI=1S/C16H10Cl2N2OS/c17-11-5-3-6-12(9-11)20-15(21)14(19-16(20)22)8-10-4-1-2-7-13(10)18/h1-9H,(H,19,22)/b14-8-. The Kier molecular flexibility index (Phi) is 4.16. The Labute approximate surface area is 143 Å². The highest BCUT2D eigenvalue weighted by Gasteiger charge is 2.32. The maximum absolute atomic E-state index is 12.6. The summed E-state index contributed by atoms with van der Waals surface area (Å²) >= 11 is 17.3. The third-order valence-corrected chi connectivity index (χ3v) is 4.01.